The monoisotopic (exact) mass is 1160 g/mol. The predicted octanol–water partition coefficient (Wildman–Crippen LogP) is 13.1. The minimum atomic E-state index is -3.60. The number of hydrogen-bond donors (Lipinski definition) is 1. The van der Waals surface area contributed by atoms with Crippen LogP contribution in [0.1, 0.15) is 169 Å². The van der Waals surface area contributed by atoms with E-state index < -0.39 is 50.6 Å². The molecule has 2 aromatic carbocycles. The van der Waals surface area contributed by atoms with Gasteiger partial charge in [-0.15, -0.1) is 0 Å². The smallest absolute Gasteiger partial charge is 0.284 e. The summed E-state index contributed by atoms with van der Waals surface area (Å²) in [6, 6.07) is 17.4. The van der Waals surface area contributed by atoms with Gasteiger partial charge in [0.25, 0.3) is 12.3 Å². The van der Waals surface area contributed by atoms with Crippen LogP contribution in [0.5, 0.6) is 0 Å². The van der Waals surface area contributed by atoms with E-state index in [0.29, 0.717) is 47.0 Å². The van der Waals surface area contributed by atoms with Crippen LogP contribution in [0.3, 0.4) is 0 Å². The van der Waals surface area contributed by atoms with Crippen molar-refractivity contribution >= 4 is 56.4 Å². The van der Waals surface area contributed by atoms with E-state index in [0.717, 1.165) is 93.6 Å². The molecule has 0 radical (unpaired) electrons. The van der Waals surface area contributed by atoms with Gasteiger partial charge in [-0.25, -0.2) is 22.2 Å². The highest BCUT2D eigenvalue weighted by molar-refractivity contribution is 7.92. The van der Waals surface area contributed by atoms with Crippen LogP contribution in [0.25, 0.3) is 11.5 Å². The quantitative estimate of drug-likeness (QED) is 0.0705. The van der Waals surface area contributed by atoms with Gasteiger partial charge in [-0.3, -0.25) is 24.0 Å². The Hall–Kier alpha value is -5.23. The van der Waals surface area contributed by atoms with Gasteiger partial charge in [-0.1, -0.05) is 81.1 Å². The number of carbonyl (C=O) groups excluding carboxylic acids is 3. The lowest BCUT2D eigenvalue weighted by Gasteiger charge is -2.53. The van der Waals surface area contributed by atoms with Crippen LogP contribution in [0.2, 0.25) is 10.0 Å². The lowest BCUT2D eigenvalue weighted by molar-refractivity contribution is -0.159. The third-order valence-corrected chi connectivity index (χ3v) is 20.3. The van der Waals surface area contributed by atoms with Gasteiger partial charge in [0, 0.05) is 71.7 Å². The molecule has 3 amide bonds. The fourth-order valence-electron chi connectivity index (χ4n) is 12.4. The second kappa shape index (κ2) is 25.5. The average Bonchev–Trinajstić information content (AvgIpc) is 4.05. The molecule has 14 nitrogen and oxygen atoms in total. The fourth-order valence-corrected chi connectivity index (χ4v) is 14.2. The number of amides is 3. The van der Waals surface area contributed by atoms with Crippen LogP contribution in [0.4, 0.5) is 14.5 Å². The van der Waals surface area contributed by atoms with E-state index in [4.69, 9.17) is 27.6 Å². The van der Waals surface area contributed by atoms with Crippen LogP contribution < -0.4 is 5.32 Å². The number of sulfone groups is 1. The number of aryl methyl sites for hydroxylation is 1. The van der Waals surface area contributed by atoms with Crippen molar-refractivity contribution in [2.75, 3.05) is 44.3 Å². The Balaban J connectivity index is 0.770. The van der Waals surface area contributed by atoms with Gasteiger partial charge in [0.15, 0.2) is 21.2 Å². The number of oxazole rings is 1. The molecule has 5 heterocycles. The molecular formula is C61H78Cl2F2N8O6S. The molecule has 0 bridgehead atoms. The first kappa shape index (κ1) is 59.4. The number of aromatic nitrogens is 4. The summed E-state index contributed by atoms with van der Waals surface area (Å²) >= 11 is 13.0. The molecule has 4 fully saturated rings. The summed E-state index contributed by atoms with van der Waals surface area (Å²) in [5.41, 5.74) is 1.69. The van der Waals surface area contributed by atoms with Gasteiger partial charge < -0.3 is 24.4 Å². The number of nitrogens with one attached hydrogen (secondary N) is 1. The van der Waals surface area contributed by atoms with Crippen molar-refractivity contribution in [3.8, 4) is 11.5 Å². The van der Waals surface area contributed by atoms with Crippen molar-refractivity contribution in [3.05, 3.63) is 118 Å². The zero-order valence-corrected chi connectivity index (χ0v) is 49.3. The molecule has 2 aliphatic carbocycles. The van der Waals surface area contributed by atoms with Gasteiger partial charge >= 0.3 is 0 Å². The molecule has 432 valence electrons. The SMILES string of the molecule is CC(C)[C@@H](CS(=O)(=O)C(C)C)N1C(=O)[C@@](C)(CC(=O)N2CCC(CCN(C)CC3CCC(n4cc(NC(=O)c5coc(-c6ccnc(CCC7CC7)c6)n5)c(C(F)F)n4)CC3)CC2)C[C@H](c2cccc(Cl)c2)[C@H]1c1ccc(Cl)cc1. The fraction of sp³-hybridized carbons (Fsp3) is 0.574. The molecule has 4 aliphatic rings. The molecule has 2 saturated carbocycles. The second-order valence-corrected chi connectivity index (χ2v) is 27.7. The lowest BCUT2D eigenvalue weighted by atomic mass is 9.66. The molecular weight excluding hydrogens is 1080 g/mol. The zero-order valence-electron chi connectivity index (χ0n) is 47.0. The Morgan fingerprint density at radius 2 is 1.59 bits per heavy atom. The molecule has 9 rings (SSSR count). The number of piperidine rings is 2. The Bertz CT molecular complexity index is 3060. The van der Waals surface area contributed by atoms with Gasteiger partial charge in [-0.2, -0.15) is 5.10 Å². The topological polar surface area (TPSA) is 164 Å². The summed E-state index contributed by atoms with van der Waals surface area (Å²) in [7, 11) is -1.45. The Morgan fingerprint density at radius 1 is 0.887 bits per heavy atom. The first-order valence-corrected chi connectivity index (χ1v) is 31.2. The molecule has 80 heavy (non-hydrogen) atoms. The maximum atomic E-state index is 15.4. The highest BCUT2D eigenvalue weighted by atomic mass is 35.5. The number of halogens is 4. The van der Waals surface area contributed by atoms with Crippen molar-refractivity contribution in [2.45, 2.75) is 154 Å². The van der Waals surface area contributed by atoms with Crippen molar-refractivity contribution in [2.24, 2.45) is 29.1 Å². The molecule has 5 aromatic rings. The third-order valence-electron chi connectivity index (χ3n) is 17.5. The van der Waals surface area contributed by atoms with Crippen molar-refractivity contribution in [1.29, 1.82) is 0 Å². The Morgan fingerprint density at radius 3 is 2.25 bits per heavy atom. The number of pyridine rings is 1. The van der Waals surface area contributed by atoms with E-state index in [1.807, 2.05) is 68.1 Å². The standard InChI is InChI=1S/C61H78Cl2F2N8O6S/c1-38(2)53(37-80(77,78)39(3)4)73-56(43-15-17-46(62)18-16-43)50(44-8-7-9-47(63)30-44)32-61(5,60(73)76)33-54(74)71-28-24-41(25-29-71)23-27-70(6)34-42-13-20-49(21-14-42)72-35-51(55(69-72)57(64)65)67-58(75)52-36-79-59(68-52)45-22-26-66-48(31-45)19-12-40-10-11-40/h7-9,15-18,22,26,30-31,35-36,38-42,49-50,53,56-57H,10-14,19-21,23-25,27-29,32-34,37H2,1-6H3,(H,67,75)/t42?,49?,50-,53-,56-,61-/m1/s1. The maximum Gasteiger partial charge on any atom is 0.284 e. The van der Waals surface area contributed by atoms with Gasteiger partial charge in [0.05, 0.1) is 34.2 Å². The summed E-state index contributed by atoms with van der Waals surface area (Å²) in [4.78, 5) is 58.2. The summed E-state index contributed by atoms with van der Waals surface area (Å²) in [6.45, 7) is 12.1. The lowest BCUT2D eigenvalue weighted by Crippen LogP contribution is -2.59. The van der Waals surface area contributed by atoms with Crippen LogP contribution in [-0.2, 0) is 25.8 Å². The van der Waals surface area contributed by atoms with Crippen molar-refractivity contribution < 1.29 is 36.0 Å². The maximum absolute atomic E-state index is 15.4. The molecule has 0 unspecified atom stereocenters. The molecule has 1 N–H and O–H groups in total. The highest BCUT2D eigenvalue weighted by Gasteiger charge is 2.54. The Labute approximate surface area is 480 Å². The second-order valence-electron chi connectivity index (χ2n) is 24.3. The number of alkyl halides is 2. The summed E-state index contributed by atoms with van der Waals surface area (Å²) < 4.78 is 63.4. The van der Waals surface area contributed by atoms with Gasteiger partial charge in [0.1, 0.15) is 6.26 Å². The number of benzene rings is 2. The van der Waals surface area contributed by atoms with Gasteiger partial charge in [-0.05, 0) is 163 Å². The summed E-state index contributed by atoms with van der Waals surface area (Å²) in [5, 5.41) is 7.36. The highest BCUT2D eigenvalue weighted by Crippen LogP contribution is 2.53. The van der Waals surface area contributed by atoms with Crippen LogP contribution in [-0.4, -0.2) is 111 Å². The van der Waals surface area contributed by atoms with E-state index in [9.17, 15) is 26.8 Å². The van der Waals surface area contributed by atoms with E-state index in [1.54, 1.807) is 47.8 Å². The van der Waals surface area contributed by atoms with E-state index in [1.165, 1.54) is 25.3 Å². The largest absolute Gasteiger partial charge is 0.444 e. The number of anilines is 1. The van der Waals surface area contributed by atoms with Crippen LogP contribution in [0, 0.1) is 29.1 Å². The number of carbonyl (C=O) groups is 3. The first-order chi connectivity index (χ1) is 38.1. The molecule has 0 spiro atoms. The predicted molar refractivity (Wildman–Crippen MR) is 308 cm³/mol. The molecule has 19 heteroatoms. The number of likely N-dealkylation sites (tertiary alicyclic amines) is 2. The molecule has 2 aliphatic heterocycles. The molecule has 2 saturated heterocycles. The molecule has 4 atom stereocenters. The summed E-state index contributed by atoms with van der Waals surface area (Å²) in [6.07, 6.45) is 12.5. The van der Waals surface area contributed by atoms with Gasteiger partial charge in [0.2, 0.25) is 17.7 Å². The van der Waals surface area contributed by atoms with Crippen molar-refractivity contribution in [1.82, 2.24) is 34.4 Å². The zero-order chi connectivity index (χ0) is 57.0. The van der Waals surface area contributed by atoms with E-state index >= 15 is 4.79 Å². The minimum Gasteiger partial charge on any atom is -0.444 e. The third kappa shape index (κ3) is 14.3. The van der Waals surface area contributed by atoms with Crippen LogP contribution >= 0.6 is 23.2 Å². The molecule has 3 aromatic heterocycles. The minimum absolute atomic E-state index is 0.00499. The van der Waals surface area contributed by atoms with E-state index in [-0.39, 0.29) is 59.1 Å². The number of hydrogen-bond acceptors (Lipinski definition) is 10. The number of nitrogens with zero attached hydrogens (tertiary/aromatic N) is 7. The number of rotatable bonds is 22. The first-order valence-electron chi connectivity index (χ1n) is 28.8. The van der Waals surface area contributed by atoms with Crippen molar-refractivity contribution in [3.63, 3.8) is 0 Å². The normalized spacial score (nSPS) is 22.7. The average molecular weight is 1160 g/mol. The Kier molecular flexibility index (Phi) is 18.9. The summed E-state index contributed by atoms with van der Waals surface area (Å²) in [5.74, 6) is 0.198. The van der Waals surface area contributed by atoms with E-state index in [2.05, 4.69) is 32.3 Å². The van der Waals surface area contributed by atoms with Crippen LogP contribution in [0.15, 0.2) is 83.7 Å².